The summed E-state index contributed by atoms with van der Waals surface area (Å²) in [5.74, 6) is -1.01. The van der Waals surface area contributed by atoms with E-state index in [1.807, 2.05) is 13.0 Å². The maximum Gasteiger partial charge on any atom is 0.133 e. The molecule has 0 aliphatic rings. The molecule has 0 aliphatic carbocycles. The molecule has 1 aromatic carbocycles. The third-order valence-corrected chi connectivity index (χ3v) is 6.15. The van der Waals surface area contributed by atoms with Gasteiger partial charge in [-0.05, 0) is 47.5 Å². The summed E-state index contributed by atoms with van der Waals surface area (Å²) in [5, 5.41) is 0. The topological polar surface area (TPSA) is 0 Å². The van der Waals surface area contributed by atoms with Gasteiger partial charge in [-0.3, -0.25) is 0 Å². The lowest BCUT2D eigenvalue weighted by Gasteiger charge is -2.12. The zero-order valence-electron chi connectivity index (χ0n) is 9.73. The Morgan fingerprint density at radius 1 is 1.22 bits per heavy atom. The Bertz CT molecular complexity index is 573. The summed E-state index contributed by atoms with van der Waals surface area (Å²) in [5.41, 5.74) is 0.520. The van der Waals surface area contributed by atoms with Crippen LogP contribution in [0.25, 0.3) is 0 Å². The minimum Gasteiger partial charge on any atom is -0.207 e. The monoisotopic (exact) mass is 394 g/mol. The highest BCUT2D eigenvalue weighted by Gasteiger charge is 2.22. The first kappa shape index (κ1) is 14.2. The van der Waals surface area contributed by atoms with Crippen molar-refractivity contribution in [3.63, 3.8) is 0 Å². The zero-order valence-corrected chi connectivity index (χ0v) is 13.7. The zero-order chi connectivity index (χ0) is 13.4. The van der Waals surface area contributed by atoms with Gasteiger partial charge < -0.3 is 0 Å². The van der Waals surface area contributed by atoms with E-state index in [9.17, 15) is 8.78 Å². The second-order valence-electron chi connectivity index (χ2n) is 4.01. The predicted octanol–water partition coefficient (Wildman–Crippen LogP) is 5.89. The molecule has 0 radical (unpaired) electrons. The minimum absolute atomic E-state index is 0.0729. The van der Waals surface area contributed by atoms with Crippen LogP contribution in [0.4, 0.5) is 8.78 Å². The summed E-state index contributed by atoms with van der Waals surface area (Å²) in [4.78, 5) is 1.50. The van der Waals surface area contributed by atoms with Crippen LogP contribution in [0.2, 0.25) is 0 Å². The molecule has 1 unspecified atom stereocenters. The molecule has 0 nitrogen and oxygen atoms in total. The molecule has 0 saturated carbocycles. The highest BCUT2D eigenvalue weighted by atomic mass is 79.9. The first-order chi connectivity index (χ1) is 8.41. The maximum atomic E-state index is 14.0. The second-order valence-corrected chi connectivity index (χ2v) is 7.07. The molecule has 2 aromatic rings. The van der Waals surface area contributed by atoms with Crippen LogP contribution >= 0.6 is 43.2 Å². The minimum atomic E-state index is -0.526. The summed E-state index contributed by atoms with van der Waals surface area (Å²) in [6.07, 6.45) is 0. The lowest BCUT2D eigenvalue weighted by Crippen LogP contribution is -2.01. The maximum absolute atomic E-state index is 14.0. The molecular formula is C13H10Br2F2S. The summed E-state index contributed by atoms with van der Waals surface area (Å²) >= 11 is 8.31. The fraction of sp³-hybridized carbons (Fsp3) is 0.231. The Balaban J connectivity index is 2.52. The Morgan fingerprint density at radius 3 is 2.44 bits per heavy atom. The van der Waals surface area contributed by atoms with Crippen LogP contribution in [0.5, 0.6) is 0 Å². The average molecular weight is 396 g/mol. The van der Waals surface area contributed by atoms with Crippen LogP contribution in [-0.4, -0.2) is 0 Å². The average Bonchev–Trinajstić information content (AvgIpc) is 2.65. The van der Waals surface area contributed by atoms with Gasteiger partial charge in [0.25, 0.3) is 0 Å². The number of aryl methyl sites for hydroxylation is 2. The van der Waals surface area contributed by atoms with Crippen molar-refractivity contribution in [3.05, 3.63) is 55.2 Å². The molecule has 1 aromatic heterocycles. The van der Waals surface area contributed by atoms with Crippen molar-refractivity contribution < 1.29 is 8.78 Å². The van der Waals surface area contributed by atoms with Crippen molar-refractivity contribution in [2.75, 3.05) is 0 Å². The molecule has 2 rings (SSSR count). The third-order valence-electron chi connectivity index (χ3n) is 2.70. The van der Waals surface area contributed by atoms with Gasteiger partial charge in [0.1, 0.15) is 11.6 Å². The smallest absolute Gasteiger partial charge is 0.133 e. The van der Waals surface area contributed by atoms with E-state index in [0.717, 1.165) is 14.2 Å². The molecular weight excluding hydrogens is 386 g/mol. The molecule has 96 valence electrons. The van der Waals surface area contributed by atoms with E-state index < -0.39 is 16.5 Å². The van der Waals surface area contributed by atoms with Crippen molar-refractivity contribution in [2.24, 2.45) is 0 Å². The largest absolute Gasteiger partial charge is 0.207 e. The van der Waals surface area contributed by atoms with Gasteiger partial charge >= 0.3 is 0 Å². The van der Waals surface area contributed by atoms with Crippen LogP contribution in [0, 0.1) is 25.5 Å². The lowest BCUT2D eigenvalue weighted by atomic mass is 10.1. The van der Waals surface area contributed by atoms with Gasteiger partial charge in [0.05, 0.1) is 4.83 Å². The molecule has 0 amide bonds. The second kappa shape index (κ2) is 5.39. The Kier molecular flexibility index (Phi) is 4.24. The third kappa shape index (κ3) is 2.53. The summed E-state index contributed by atoms with van der Waals surface area (Å²) < 4.78 is 28.8. The van der Waals surface area contributed by atoms with Crippen LogP contribution < -0.4 is 0 Å². The van der Waals surface area contributed by atoms with Gasteiger partial charge in [0, 0.05) is 19.8 Å². The number of alkyl halides is 1. The van der Waals surface area contributed by atoms with E-state index in [1.165, 1.54) is 23.5 Å². The van der Waals surface area contributed by atoms with E-state index in [0.29, 0.717) is 5.56 Å². The van der Waals surface area contributed by atoms with Crippen LogP contribution in [0.15, 0.2) is 22.7 Å². The number of hydrogen-bond acceptors (Lipinski definition) is 1. The molecule has 0 spiro atoms. The van der Waals surface area contributed by atoms with Crippen LogP contribution in [0.3, 0.4) is 0 Å². The highest BCUT2D eigenvalue weighted by Crippen LogP contribution is 2.40. The summed E-state index contributed by atoms with van der Waals surface area (Å²) in [6.45, 7) is 3.59. The van der Waals surface area contributed by atoms with Crippen molar-refractivity contribution in [2.45, 2.75) is 18.7 Å². The van der Waals surface area contributed by atoms with Crippen molar-refractivity contribution in [1.29, 1.82) is 0 Å². The first-order valence-corrected chi connectivity index (χ1v) is 7.78. The molecule has 0 N–H and O–H groups in total. The number of rotatable bonds is 2. The fourth-order valence-electron chi connectivity index (χ4n) is 1.66. The Morgan fingerprint density at radius 2 is 1.89 bits per heavy atom. The number of benzene rings is 1. The van der Waals surface area contributed by atoms with E-state index in [2.05, 4.69) is 31.9 Å². The Labute approximate surface area is 125 Å². The molecule has 1 atom stereocenters. The van der Waals surface area contributed by atoms with Gasteiger partial charge in [-0.1, -0.05) is 22.0 Å². The van der Waals surface area contributed by atoms with Gasteiger partial charge in [0.15, 0.2) is 0 Å². The Hall–Kier alpha value is -0.260. The normalized spacial score (nSPS) is 12.8. The van der Waals surface area contributed by atoms with Crippen molar-refractivity contribution >= 4 is 43.2 Å². The molecule has 5 heteroatoms. The number of halogens is 4. The quantitative estimate of drug-likeness (QED) is 0.556. The van der Waals surface area contributed by atoms with Crippen LogP contribution in [-0.2, 0) is 0 Å². The fourth-order valence-corrected chi connectivity index (χ4v) is 4.04. The van der Waals surface area contributed by atoms with E-state index in [4.69, 9.17) is 0 Å². The molecule has 0 aliphatic heterocycles. The van der Waals surface area contributed by atoms with Crippen molar-refractivity contribution in [3.8, 4) is 0 Å². The van der Waals surface area contributed by atoms with E-state index in [-0.39, 0.29) is 5.56 Å². The molecule has 1 heterocycles. The number of thiophene rings is 1. The molecule has 0 bridgehead atoms. The van der Waals surface area contributed by atoms with Gasteiger partial charge in [0.2, 0.25) is 0 Å². The first-order valence-electron chi connectivity index (χ1n) is 5.26. The molecule has 0 saturated heterocycles. The van der Waals surface area contributed by atoms with Gasteiger partial charge in [-0.25, -0.2) is 8.78 Å². The highest BCUT2D eigenvalue weighted by molar-refractivity contribution is 9.10. The summed E-state index contributed by atoms with van der Waals surface area (Å²) in [7, 11) is 0. The summed E-state index contributed by atoms with van der Waals surface area (Å²) in [6, 6.07) is 4.64. The molecule has 18 heavy (non-hydrogen) atoms. The van der Waals surface area contributed by atoms with Gasteiger partial charge in [-0.2, -0.15) is 0 Å². The lowest BCUT2D eigenvalue weighted by molar-refractivity contribution is 0.556. The predicted molar refractivity (Wildman–Crippen MR) is 78.6 cm³/mol. The SMILES string of the molecule is Cc1ccc(F)c(C(Br)c2cc(Br)c(C)s2)c1F. The van der Waals surface area contributed by atoms with E-state index >= 15 is 0 Å². The van der Waals surface area contributed by atoms with Crippen LogP contribution in [0.1, 0.15) is 25.7 Å². The van der Waals surface area contributed by atoms with E-state index in [1.54, 1.807) is 6.92 Å². The van der Waals surface area contributed by atoms with Gasteiger partial charge in [-0.15, -0.1) is 11.3 Å². The molecule has 0 fully saturated rings. The standard InChI is InChI=1S/C13H10Br2F2S/c1-6-3-4-9(16)11(13(6)17)12(15)10-5-8(14)7(2)18-10/h3-5,12H,1-2H3. The number of hydrogen-bond donors (Lipinski definition) is 0. The van der Waals surface area contributed by atoms with Crippen molar-refractivity contribution in [1.82, 2.24) is 0 Å².